The molecular formula is C30H37N5O11. The maximum atomic E-state index is 12.9. The molecule has 16 heteroatoms. The molecule has 0 aliphatic carbocycles. The van der Waals surface area contributed by atoms with E-state index in [9.17, 15) is 39.0 Å². The van der Waals surface area contributed by atoms with Crippen LogP contribution in [0.2, 0.25) is 0 Å². The van der Waals surface area contributed by atoms with Gasteiger partial charge in [-0.3, -0.25) is 15.0 Å². The van der Waals surface area contributed by atoms with Crippen molar-refractivity contribution in [2.75, 3.05) is 6.54 Å². The second kappa shape index (κ2) is 18.9. The Kier molecular flexibility index (Phi) is 15.0. The molecule has 2 amide bonds. The molecule has 0 spiro atoms. The van der Waals surface area contributed by atoms with Gasteiger partial charge < -0.3 is 46.5 Å². The number of aliphatic carboxylic acids is 3. The van der Waals surface area contributed by atoms with Crippen molar-refractivity contribution in [2.24, 2.45) is 5.73 Å². The zero-order valence-corrected chi connectivity index (χ0v) is 24.8. The number of carbonyl (C=O) groups excluding carboxylic acids is 3. The average Bonchev–Trinajstić information content (AvgIpc) is 3.01. The fraction of sp³-hybridized carbons (Fsp3) is 0.367. The van der Waals surface area contributed by atoms with Crippen LogP contribution in [0, 0.1) is 5.41 Å². The summed E-state index contributed by atoms with van der Waals surface area (Å²) in [5, 5.41) is 42.0. The number of benzene rings is 2. The number of nitrogens with one attached hydrogen (secondary N) is 4. The summed E-state index contributed by atoms with van der Waals surface area (Å²) in [6.45, 7) is 0.161. The molecular weight excluding hydrogens is 606 g/mol. The monoisotopic (exact) mass is 643 g/mol. The SMILES string of the molecule is N=C(N)NCc1ccc(C(=O)NCCCC[C@H](OC(=O)N[C@@H](CCCC(=O)O)C(=O)O)C(=O)O)cc1C(=O)OCc1ccccc1. The van der Waals surface area contributed by atoms with Crippen LogP contribution in [0.4, 0.5) is 4.79 Å². The number of hydrogen-bond acceptors (Lipinski definition) is 9. The first-order valence-corrected chi connectivity index (χ1v) is 14.2. The zero-order valence-electron chi connectivity index (χ0n) is 24.8. The largest absolute Gasteiger partial charge is 0.481 e. The topological polar surface area (TPSA) is 268 Å². The van der Waals surface area contributed by atoms with Gasteiger partial charge in [-0.25, -0.2) is 19.2 Å². The first-order chi connectivity index (χ1) is 21.9. The molecule has 0 aliphatic heterocycles. The smallest absolute Gasteiger partial charge is 0.408 e. The number of hydrogen-bond donors (Lipinski definition) is 8. The van der Waals surface area contributed by atoms with Crippen LogP contribution in [-0.4, -0.2) is 75.8 Å². The van der Waals surface area contributed by atoms with Crippen LogP contribution in [0.3, 0.4) is 0 Å². The molecule has 0 saturated heterocycles. The Hall–Kier alpha value is -5.67. The van der Waals surface area contributed by atoms with Crippen molar-refractivity contribution in [3.8, 4) is 0 Å². The summed E-state index contributed by atoms with van der Waals surface area (Å²) < 4.78 is 10.3. The Morgan fingerprint density at radius 1 is 0.870 bits per heavy atom. The van der Waals surface area contributed by atoms with Crippen molar-refractivity contribution in [3.05, 3.63) is 70.8 Å². The van der Waals surface area contributed by atoms with E-state index in [-0.39, 0.29) is 68.9 Å². The molecule has 2 aromatic rings. The fourth-order valence-electron chi connectivity index (χ4n) is 4.06. The third-order valence-corrected chi connectivity index (χ3v) is 6.45. The Morgan fingerprint density at radius 2 is 1.59 bits per heavy atom. The van der Waals surface area contributed by atoms with Gasteiger partial charge in [-0.15, -0.1) is 0 Å². The molecule has 9 N–H and O–H groups in total. The van der Waals surface area contributed by atoms with E-state index in [1.165, 1.54) is 18.2 Å². The number of carboxylic acid groups (broad SMARTS) is 3. The van der Waals surface area contributed by atoms with Crippen molar-refractivity contribution in [3.63, 3.8) is 0 Å². The summed E-state index contributed by atoms with van der Waals surface area (Å²) in [7, 11) is 0. The molecule has 16 nitrogen and oxygen atoms in total. The third kappa shape index (κ3) is 13.3. The Bertz CT molecular complexity index is 1400. The standard InChI is InChI=1S/C30H37N5O11/c31-29(32)34-16-20-13-12-19(15-21(20)28(43)45-17-18-7-2-1-3-8-18)25(38)33-14-5-4-10-23(27(41)42)46-30(44)35-22(26(39)40)9-6-11-24(36)37/h1-3,7-8,12-13,15,22-23H,4-6,9-11,14,16-17H2,(H,33,38)(H,35,44)(H,36,37)(H,39,40)(H,41,42)(H4,31,32,34)/t22-,23-/m0/s1. The van der Waals surface area contributed by atoms with Gasteiger partial charge in [-0.05, 0) is 55.4 Å². The van der Waals surface area contributed by atoms with Crippen LogP contribution in [0.25, 0.3) is 0 Å². The number of nitrogens with two attached hydrogens (primary N) is 1. The molecule has 0 aliphatic rings. The number of amides is 2. The summed E-state index contributed by atoms with van der Waals surface area (Å²) in [5.74, 6) is -5.52. The second-order valence-electron chi connectivity index (χ2n) is 10.0. The van der Waals surface area contributed by atoms with Gasteiger partial charge in [0, 0.05) is 25.1 Å². The van der Waals surface area contributed by atoms with Crippen LogP contribution in [0.5, 0.6) is 0 Å². The summed E-state index contributed by atoms with van der Waals surface area (Å²) in [4.78, 5) is 71.4. The third-order valence-electron chi connectivity index (χ3n) is 6.45. The van der Waals surface area contributed by atoms with Gasteiger partial charge in [0.2, 0.25) is 6.10 Å². The summed E-state index contributed by atoms with van der Waals surface area (Å²) >= 11 is 0. The lowest BCUT2D eigenvalue weighted by Crippen LogP contribution is -2.43. The van der Waals surface area contributed by atoms with Crippen LogP contribution in [-0.2, 0) is 37.0 Å². The molecule has 0 radical (unpaired) electrons. The number of alkyl carbamates (subject to hydrolysis) is 1. The lowest BCUT2D eigenvalue weighted by molar-refractivity contribution is -0.147. The van der Waals surface area contributed by atoms with Crippen molar-refractivity contribution in [1.29, 1.82) is 5.41 Å². The van der Waals surface area contributed by atoms with Gasteiger partial charge in [-0.2, -0.15) is 0 Å². The van der Waals surface area contributed by atoms with Gasteiger partial charge in [0.1, 0.15) is 12.6 Å². The van der Waals surface area contributed by atoms with Crippen molar-refractivity contribution < 1.29 is 53.6 Å². The highest BCUT2D eigenvalue weighted by Crippen LogP contribution is 2.16. The molecule has 0 heterocycles. The minimum absolute atomic E-state index is 0.00528. The summed E-state index contributed by atoms with van der Waals surface area (Å²) in [6, 6.07) is 11.9. The lowest BCUT2D eigenvalue weighted by Gasteiger charge is -2.17. The van der Waals surface area contributed by atoms with Gasteiger partial charge in [-0.1, -0.05) is 36.4 Å². The van der Waals surface area contributed by atoms with E-state index < -0.39 is 48.0 Å². The number of carboxylic acids is 3. The number of rotatable bonds is 19. The maximum Gasteiger partial charge on any atom is 0.408 e. The van der Waals surface area contributed by atoms with E-state index in [0.717, 1.165) is 5.56 Å². The molecule has 0 unspecified atom stereocenters. The molecule has 46 heavy (non-hydrogen) atoms. The fourth-order valence-corrected chi connectivity index (χ4v) is 4.06. The van der Waals surface area contributed by atoms with E-state index in [1.807, 2.05) is 11.4 Å². The number of esters is 1. The first-order valence-electron chi connectivity index (χ1n) is 14.2. The van der Waals surface area contributed by atoms with Crippen molar-refractivity contribution in [2.45, 2.75) is 63.8 Å². The van der Waals surface area contributed by atoms with E-state index in [2.05, 4.69) is 10.6 Å². The quantitative estimate of drug-likeness (QED) is 0.0470. The van der Waals surface area contributed by atoms with Crippen LogP contribution < -0.4 is 21.7 Å². The van der Waals surface area contributed by atoms with Gasteiger partial charge in [0.15, 0.2) is 5.96 Å². The van der Waals surface area contributed by atoms with E-state index in [1.54, 1.807) is 24.3 Å². The molecule has 0 aromatic heterocycles. The lowest BCUT2D eigenvalue weighted by atomic mass is 10.0. The highest BCUT2D eigenvalue weighted by atomic mass is 16.6. The van der Waals surface area contributed by atoms with Gasteiger partial charge >= 0.3 is 30.0 Å². The molecule has 2 atom stereocenters. The molecule has 2 aromatic carbocycles. The van der Waals surface area contributed by atoms with E-state index in [0.29, 0.717) is 12.0 Å². The number of guanidine groups is 1. The van der Waals surface area contributed by atoms with Crippen LogP contribution in [0.1, 0.15) is 70.4 Å². The number of unbranched alkanes of at least 4 members (excludes halogenated alkanes) is 1. The predicted octanol–water partition coefficient (Wildman–Crippen LogP) is 1.81. The van der Waals surface area contributed by atoms with E-state index in [4.69, 9.17) is 25.7 Å². The van der Waals surface area contributed by atoms with Gasteiger partial charge in [0.25, 0.3) is 5.91 Å². The zero-order chi connectivity index (χ0) is 34.1. The molecule has 0 bridgehead atoms. The van der Waals surface area contributed by atoms with E-state index >= 15 is 0 Å². The molecule has 0 saturated carbocycles. The molecule has 2 rings (SSSR count). The van der Waals surface area contributed by atoms with Crippen molar-refractivity contribution >= 4 is 41.8 Å². The Balaban J connectivity index is 1.91. The minimum Gasteiger partial charge on any atom is -0.481 e. The number of ether oxygens (including phenoxy) is 2. The highest BCUT2D eigenvalue weighted by molar-refractivity contribution is 5.98. The Morgan fingerprint density at radius 3 is 2.22 bits per heavy atom. The van der Waals surface area contributed by atoms with Gasteiger partial charge in [0.05, 0.1) is 5.56 Å². The normalized spacial score (nSPS) is 11.7. The van der Waals surface area contributed by atoms with Crippen LogP contribution in [0.15, 0.2) is 48.5 Å². The summed E-state index contributed by atoms with van der Waals surface area (Å²) in [5.41, 5.74) is 6.83. The molecule has 0 fully saturated rings. The second-order valence-corrected chi connectivity index (χ2v) is 10.0. The average molecular weight is 644 g/mol. The maximum absolute atomic E-state index is 12.9. The Labute approximate surface area is 263 Å². The van der Waals surface area contributed by atoms with Crippen LogP contribution >= 0.6 is 0 Å². The number of carbonyl (C=O) groups is 6. The predicted molar refractivity (Wildman–Crippen MR) is 161 cm³/mol. The summed E-state index contributed by atoms with van der Waals surface area (Å²) in [6.07, 6.45) is -3.03. The highest BCUT2D eigenvalue weighted by Gasteiger charge is 2.26. The minimum atomic E-state index is -1.59. The molecule has 248 valence electrons. The first kappa shape index (κ1) is 36.5. The van der Waals surface area contributed by atoms with Crippen molar-refractivity contribution in [1.82, 2.24) is 16.0 Å².